The Bertz CT molecular complexity index is 459. The predicted octanol–water partition coefficient (Wildman–Crippen LogP) is 4.50. The summed E-state index contributed by atoms with van der Waals surface area (Å²) in [6.07, 6.45) is 2.10. The van der Waals surface area contributed by atoms with E-state index in [9.17, 15) is 4.79 Å². The first kappa shape index (κ1) is 15.5. The monoisotopic (exact) mass is 260 g/mol. The molecule has 19 heavy (non-hydrogen) atoms. The summed E-state index contributed by atoms with van der Waals surface area (Å²) < 4.78 is 0. The topological polar surface area (TPSA) is 37.3 Å². The van der Waals surface area contributed by atoms with Gasteiger partial charge in [-0.3, -0.25) is 0 Å². The molecule has 0 aliphatic carbocycles. The van der Waals surface area contributed by atoms with Crippen molar-refractivity contribution in [2.24, 2.45) is 5.92 Å². The highest BCUT2D eigenvalue weighted by Crippen LogP contribution is 2.27. The minimum Gasteiger partial charge on any atom is -0.478 e. The minimum atomic E-state index is -0.879. The summed E-state index contributed by atoms with van der Waals surface area (Å²) in [5, 5.41) is 8.97. The fraction of sp³-hybridized carbons (Fsp3) is 0.471. The number of benzene rings is 1. The van der Waals surface area contributed by atoms with E-state index in [1.165, 1.54) is 11.6 Å². The van der Waals surface area contributed by atoms with Gasteiger partial charge in [0.25, 0.3) is 0 Å². The zero-order valence-corrected chi connectivity index (χ0v) is 12.5. The molecule has 0 aromatic heterocycles. The van der Waals surface area contributed by atoms with E-state index in [2.05, 4.69) is 46.8 Å². The summed E-state index contributed by atoms with van der Waals surface area (Å²) in [5.74, 6) is -0.441. The summed E-state index contributed by atoms with van der Waals surface area (Å²) in [5.41, 5.74) is 3.27. The van der Waals surface area contributed by atoms with Crippen molar-refractivity contribution in [1.29, 1.82) is 0 Å². The average molecular weight is 260 g/mol. The molecule has 0 spiro atoms. The quantitative estimate of drug-likeness (QED) is 0.809. The lowest BCUT2D eigenvalue weighted by molar-refractivity contribution is -0.131. The Hall–Kier alpha value is -1.57. The van der Waals surface area contributed by atoms with Crippen LogP contribution in [0.4, 0.5) is 0 Å². The summed E-state index contributed by atoms with van der Waals surface area (Å²) in [6.45, 7) is 10.7. The van der Waals surface area contributed by atoms with Crippen molar-refractivity contribution >= 4 is 11.5 Å². The SMILES string of the molecule is CC(C)C/C(=C/C(=O)O)c1ccc(C(C)(C)C)cc1. The molecular formula is C17H24O2. The maximum absolute atomic E-state index is 10.9. The van der Waals surface area contributed by atoms with Crippen molar-refractivity contribution in [3.63, 3.8) is 0 Å². The lowest BCUT2D eigenvalue weighted by Gasteiger charge is -2.19. The molecule has 0 saturated carbocycles. The normalized spacial score (nSPS) is 12.8. The van der Waals surface area contributed by atoms with Crippen molar-refractivity contribution in [3.05, 3.63) is 41.5 Å². The molecule has 2 heteroatoms. The zero-order valence-electron chi connectivity index (χ0n) is 12.5. The van der Waals surface area contributed by atoms with Crippen molar-refractivity contribution in [2.75, 3.05) is 0 Å². The molecule has 0 fully saturated rings. The molecule has 2 nitrogen and oxygen atoms in total. The van der Waals surface area contributed by atoms with Crippen LogP contribution in [0.3, 0.4) is 0 Å². The molecule has 0 radical (unpaired) electrons. The molecule has 0 bridgehead atoms. The molecule has 0 unspecified atom stereocenters. The summed E-state index contributed by atoms with van der Waals surface area (Å²) >= 11 is 0. The molecule has 104 valence electrons. The second-order valence-corrected chi connectivity index (χ2v) is 6.43. The smallest absolute Gasteiger partial charge is 0.328 e. The van der Waals surface area contributed by atoms with Crippen molar-refractivity contribution < 1.29 is 9.90 Å². The van der Waals surface area contributed by atoms with Crippen LogP contribution in [0.2, 0.25) is 0 Å². The number of carboxylic acids is 1. The summed E-state index contributed by atoms with van der Waals surface area (Å²) in [7, 11) is 0. The summed E-state index contributed by atoms with van der Waals surface area (Å²) in [6, 6.07) is 8.23. The Morgan fingerprint density at radius 3 is 2.11 bits per heavy atom. The molecular weight excluding hydrogens is 236 g/mol. The van der Waals surface area contributed by atoms with Crippen LogP contribution in [0.25, 0.3) is 5.57 Å². The highest BCUT2D eigenvalue weighted by Gasteiger charge is 2.14. The van der Waals surface area contributed by atoms with E-state index in [0.717, 1.165) is 17.6 Å². The van der Waals surface area contributed by atoms with Crippen LogP contribution in [-0.2, 0) is 10.2 Å². The molecule has 0 aliphatic heterocycles. The first-order valence-electron chi connectivity index (χ1n) is 6.74. The predicted molar refractivity (Wildman–Crippen MR) is 80.2 cm³/mol. The molecule has 0 aliphatic rings. The maximum atomic E-state index is 10.9. The van der Waals surface area contributed by atoms with Gasteiger partial charge < -0.3 is 5.11 Å². The highest BCUT2D eigenvalue weighted by molar-refractivity contribution is 5.90. The number of rotatable bonds is 4. The Morgan fingerprint density at radius 2 is 1.74 bits per heavy atom. The van der Waals surface area contributed by atoms with Crippen molar-refractivity contribution in [1.82, 2.24) is 0 Å². The second-order valence-electron chi connectivity index (χ2n) is 6.43. The molecule has 1 rings (SSSR count). The number of allylic oxidation sites excluding steroid dienone is 1. The fourth-order valence-corrected chi connectivity index (χ4v) is 2.03. The van der Waals surface area contributed by atoms with Crippen molar-refractivity contribution in [3.8, 4) is 0 Å². The highest BCUT2D eigenvalue weighted by atomic mass is 16.4. The number of hydrogen-bond acceptors (Lipinski definition) is 1. The number of carboxylic acid groups (broad SMARTS) is 1. The van der Waals surface area contributed by atoms with Gasteiger partial charge in [0.05, 0.1) is 0 Å². The molecule has 0 heterocycles. The van der Waals surface area contributed by atoms with E-state index in [-0.39, 0.29) is 5.41 Å². The molecule has 0 amide bonds. The Kier molecular flexibility index (Phi) is 4.93. The average Bonchev–Trinajstić information content (AvgIpc) is 2.26. The van der Waals surface area contributed by atoms with Crippen molar-refractivity contribution in [2.45, 2.75) is 46.5 Å². The molecule has 1 N–H and O–H groups in total. The first-order valence-corrected chi connectivity index (χ1v) is 6.74. The second kappa shape index (κ2) is 6.05. The zero-order chi connectivity index (χ0) is 14.6. The van der Waals surface area contributed by atoms with Crippen LogP contribution in [0.1, 0.15) is 52.2 Å². The van der Waals surface area contributed by atoms with Crippen LogP contribution in [0.5, 0.6) is 0 Å². The van der Waals surface area contributed by atoms with Gasteiger partial charge in [0, 0.05) is 6.08 Å². The van der Waals surface area contributed by atoms with E-state index >= 15 is 0 Å². The van der Waals surface area contributed by atoms with E-state index in [4.69, 9.17) is 5.11 Å². The van der Waals surface area contributed by atoms with E-state index in [0.29, 0.717) is 5.92 Å². The minimum absolute atomic E-state index is 0.118. The first-order chi connectivity index (χ1) is 8.70. The third-order valence-electron chi connectivity index (χ3n) is 3.05. The lowest BCUT2D eigenvalue weighted by Crippen LogP contribution is -2.10. The molecule has 1 aromatic carbocycles. The number of hydrogen-bond donors (Lipinski definition) is 1. The number of aliphatic carboxylic acids is 1. The van der Waals surface area contributed by atoms with Gasteiger partial charge in [-0.25, -0.2) is 4.79 Å². The summed E-state index contributed by atoms with van der Waals surface area (Å²) in [4.78, 5) is 10.9. The van der Waals surface area contributed by atoms with Crippen LogP contribution in [0, 0.1) is 5.92 Å². The van der Waals surface area contributed by atoms with Gasteiger partial charge in [-0.2, -0.15) is 0 Å². The Balaban J connectivity index is 3.08. The van der Waals surface area contributed by atoms with E-state index in [1.54, 1.807) is 0 Å². The molecule has 1 aromatic rings. The van der Waals surface area contributed by atoms with Gasteiger partial charge >= 0.3 is 5.97 Å². The third kappa shape index (κ3) is 4.90. The Labute approximate surface area is 116 Å². The van der Waals surface area contributed by atoms with Gasteiger partial charge in [-0.05, 0) is 34.5 Å². The van der Waals surface area contributed by atoms with Gasteiger partial charge in [0.1, 0.15) is 0 Å². The third-order valence-corrected chi connectivity index (χ3v) is 3.05. The van der Waals surface area contributed by atoms with Crippen LogP contribution in [0.15, 0.2) is 30.3 Å². The van der Waals surface area contributed by atoms with Gasteiger partial charge in [-0.1, -0.05) is 58.9 Å². The molecule has 0 saturated heterocycles. The largest absolute Gasteiger partial charge is 0.478 e. The van der Waals surface area contributed by atoms with Crippen LogP contribution < -0.4 is 0 Å². The van der Waals surface area contributed by atoms with Gasteiger partial charge in [0.2, 0.25) is 0 Å². The van der Waals surface area contributed by atoms with Gasteiger partial charge in [-0.15, -0.1) is 0 Å². The number of carbonyl (C=O) groups is 1. The fourth-order valence-electron chi connectivity index (χ4n) is 2.03. The van der Waals surface area contributed by atoms with Crippen LogP contribution >= 0.6 is 0 Å². The van der Waals surface area contributed by atoms with Gasteiger partial charge in [0.15, 0.2) is 0 Å². The van der Waals surface area contributed by atoms with E-state index < -0.39 is 5.97 Å². The maximum Gasteiger partial charge on any atom is 0.328 e. The molecule has 0 atom stereocenters. The van der Waals surface area contributed by atoms with E-state index in [1.807, 2.05) is 12.1 Å². The lowest BCUT2D eigenvalue weighted by atomic mass is 9.85. The standard InChI is InChI=1S/C17H24O2/c1-12(2)10-14(11-16(18)19)13-6-8-15(9-7-13)17(3,4)5/h6-9,11-12H,10H2,1-5H3,(H,18,19)/b14-11-. The van der Waals surface area contributed by atoms with Crippen LogP contribution in [-0.4, -0.2) is 11.1 Å². The Morgan fingerprint density at radius 1 is 1.21 bits per heavy atom.